The van der Waals surface area contributed by atoms with Gasteiger partial charge in [-0.3, -0.25) is 19.8 Å². The molecule has 0 fully saturated rings. The van der Waals surface area contributed by atoms with Crippen LogP contribution in [0.3, 0.4) is 0 Å². The van der Waals surface area contributed by atoms with Crippen LogP contribution in [-0.2, 0) is 9.59 Å². The van der Waals surface area contributed by atoms with Crippen LogP contribution in [0, 0.1) is 0 Å². The Morgan fingerprint density at radius 1 is 1.17 bits per heavy atom. The van der Waals surface area contributed by atoms with E-state index in [-0.39, 0.29) is 12.3 Å². The summed E-state index contributed by atoms with van der Waals surface area (Å²) in [6, 6.07) is 8.75. The molecule has 0 saturated heterocycles. The monoisotopic (exact) mass is 330 g/mol. The van der Waals surface area contributed by atoms with Gasteiger partial charge in [-0.15, -0.1) is 0 Å². The highest BCUT2D eigenvalue weighted by Gasteiger charge is 2.14. The number of pyridine rings is 1. The first-order chi connectivity index (χ1) is 11.6. The lowest BCUT2D eigenvalue weighted by molar-refractivity contribution is -0.129. The molecule has 0 radical (unpaired) electrons. The molecule has 24 heavy (non-hydrogen) atoms. The molecule has 128 valence electrons. The topological polar surface area (TPSA) is 117 Å². The summed E-state index contributed by atoms with van der Waals surface area (Å²) < 4.78 is 0. The number of hydroxylamine groups is 1. The first kappa shape index (κ1) is 17.8. The normalized spacial score (nSPS) is 11.9. The van der Waals surface area contributed by atoms with E-state index in [9.17, 15) is 9.59 Å². The molecule has 0 aliphatic heterocycles. The van der Waals surface area contributed by atoms with E-state index in [1.54, 1.807) is 17.7 Å². The Hall–Kier alpha value is -2.51. The molecular weight excluding hydrogens is 308 g/mol. The lowest BCUT2D eigenvalue weighted by Gasteiger charge is -2.13. The number of carbonyl (C=O) groups is 2. The van der Waals surface area contributed by atoms with Gasteiger partial charge in [0.05, 0.1) is 17.2 Å². The molecule has 1 aromatic heterocycles. The minimum absolute atomic E-state index is 0.249. The molecule has 1 aromatic carbocycles. The maximum Gasteiger partial charge on any atom is 0.243 e. The van der Waals surface area contributed by atoms with E-state index in [1.165, 1.54) is 0 Å². The van der Waals surface area contributed by atoms with E-state index in [1.807, 2.05) is 24.3 Å². The van der Waals surface area contributed by atoms with Crippen LogP contribution < -0.4 is 16.5 Å². The first-order valence-electron chi connectivity index (χ1n) is 7.95. The van der Waals surface area contributed by atoms with Gasteiger partial charge in [0, 0.05) is 18.0 Å². The van der Waals surface area contributed by atoms with Crippen LogP contribution in [0.5, 0.6) is 0 Å². The van der Waals surface area contributed by atoms with Gasteiger partial charge in [-0.05, 0) is 25.0 Å². The highest BCUT2D eigenvalue weighted by Crippen LogP contribution is 2.20. The number of unbranched alkanes of at least 4 members (excludes halogenated alkanes) is 2. The minimum atomic E-state index is -0.615. The number of nitrogens with one attached hydrogen (secondary N) is 2. The molecule has 0 aliphatic carbocycles. The van der Waals surface area contributed by atoms with E-state index < -0.39 is 11.9 Å². The average Bonchev–Trinajstić information content (AvgIpc) is 2.61. The maximum absolute atomic E-state index is 12.2. The van der Waals surface area contributed by atoms with E-state index in [0.717, 1.165) is 23.7 Å². The van der Waals surface area contributed by atoms with E-state index in [2.05, 4.69) is 10.3 Å². The summed E-state index contributed by atoms with van der Waals surface area (Å²) in [6.07, 6.45) is 4.63. The Kier molecular flexibility index (Phi) is 6.65. The van der Waals surface area contributed by atoms with Crippen molar-refractivity contribution in [3.05, 3.63) is 36.5 Å². The van der Waals surface area contributed by atoms with Crippen molar-refractivity contribution in [3.8, 4) is 0 Å². The van der Waals surface area contributed by atoms with Gasteiger partial charge in [0.25, 0.3) is 0 Å². The third kappa shape index (κ3) is 5.00. The number of para-hydroxylation sites is 1. The van der Waals surface area contributed by atoms with Gasteiger partial charge in [0.2, 0.25) is 11.8 Å². The lowest BCUT2D eigenvalue weighted by atomic mass is 10.1. The summed E-state index contributed by atoms with van der Waals surface area (Å²) in [7, 11) is 0. The fraction of sp³-hybridized carbons (Fsp3) is 0.353. The van der Waals surface area contributed by atoms with Gasteiger partial charge in [-0.1, -0.05) is 31.0 Å². The number of hydrogen-bond acceptors (Lipinski definition) is 5. The molecule has 1 heterocycles. The highest BCUT2D eigenvalue weighted by atomic mass is 16.5. The van der Waals surface area contributed by atoms with Crippen molar-refractivity contribution in [3.63, 3.8) is 0 Å². The largest absolute Gasteiger partial charge is 0.323 e. The van der Waals surface area contributed by atoms with Gasteiger partial charge in [0.1, 0.15) is 0 Å². The van der Waals surface area contributed by atoms with Gasteiger partial charge in [-0.2, -0.15) is 0 Å². The summed E-state index contributed by atoms with van der Waals surface area (Å²) >= 11 is 0. The Morgan fingerprint density at radius 2 is 1.96 bits per heavy atom. The third-order valence-corrected chi connectivity index (χ3v) is 3.77. The van der Waals surface area contributed by atoms with Gasteiger partial charge >= 0.3 is 0 Å². The van der Waals surface area contributed by atoms with Crippen LogP contribution in [-0.4, -0.2) is 28.0 Å². The quantitative estimate of drug-likeness (QED) is 0.335. The zero-order valence-electron chi connectivity index (χ0n) is 13.4. The number of nitrogens with zero attached hydrogens (tertiary/aromatic N) is 1. The number of aromatic nitrogens is 1. The highest BCUT2D eigenvalue weighted by molar-refractivity contribution is 6.02. The molecule has 0 bridgehead atoms. The molecule has 5 N–H and O–H groups in total. The Morgan fingerprint density at radius 3 is 2.75 bits per heavy atom. The minimum Gasteiger partial charge on any atom is -0.323 e. The number of carbonyl (C=O) groups excluding carboxylic acids is 2. The lowest BCUT2D eigenvalue weighted by Crippen LogP contribution is -2.35. The van der Waals surface area contributed by atoms with Crippen molar-refractivity contribution < 1.29 is 14.8 Å². The molecule has 7 nitrogen and oxygen atoms in total. The van der Waals surface area contributed by atoms with Crippen LogP contribution in [0.15, 0.2) is 36.5 Å². The second kappa shape index (κ2) is 8.95. The Labute approximate surface area is 140 Å². The molecule has 2 aromatic rings. The summed E-state index contributed by atoms with van der Waals surface area (Å²) in [5, 5.41) is 12.2. The predicted molar refractivity (Wildman–Crippen MR) is 91.4 cm³/mol. The summed E-state index contributed by atoms with van der Waals surface area (Å²) in [4.78, 5) is 27.4. The number of benzene rings is 1. The maximum atomic E-state index is 12.2. The van der Waals surface area contributed by atoms with Crippen molar-refractivity contribution in [1.82, 2.24) is 10.5 Å². The molecular formula is C17H22N4O3. The third-order valence-electron chi connectivity index (χ3n) is 3.77. The Bertz CT molecular complexity index is 700. The van der Waals surface area contributed by atoms with Crippen molar-refractivity contribution in [2.75, 3.05) is 5.32 Å². The molecule has 0 saturated carbocycles. The van der Waals surface area contributed by atoms with Crippen LogP contribution in [0.25, 0.3) is 10.9 Å². The van der Waals surface area contributed by atoms with Crippen LogP contribution in [0.1, 0.15) is 32.1 Å². The number of nitrogens with two attached hydrogens (primary N) is 1. The fourth-order valence-electron chi connectivity index (χ4n) is 2.44. The van der Waals surface area contributed by atoms with Crippen molar-refractivity contribution in [2.24, 2.45) is 5.73 Å². The average molecular weight is 330 g/mol. The summed E-state index contributed by atoms with van der Waals surface area (Å²) in [5.41, 5.74) is 8.90. The van der Waals surface area contributed by atoms with Gasteiger partial charge in [-0.25, -0.2) is 5.48 Å². The number of rotatable bonds is 8. The Balaban J connectivity index is 1.82. The zero-order valence-corrected chi connectivity index (χ0v) is 13.4. The van der Waals surface area contributed by atoms with E-state index >= 15 is 0 Å². The molecule has 1 atom stereocenters. The second-order valence-corrected chi connectivity index (χ2v) is 5.61. The van der Waals surface area contributed by atoms with Crippen molar-refractivity contribution in [2.45, 2.75) is 38.1 Å². The fourth-order valence-corrected chi connectivity index (χ4v) is 2.44. The number of amides is 2. The number of hydrogen-bond donors (Lipinski definition) is 4. The standard InChI is InChI=1S/C17H22N4O3/c18-13(8-2-1-3-10-15(22)21-24)17(23)20-14-9-4-6-12-7-5-11-19-16(12)14/h4-7,9,11,13,24H,1-3,8,10,18H2,(H,20,23)(H,21,22)/t13-/m0/s1. The zero-order chi connectivity index (χ0) is 17.4. The molecule has 0 aliphatic rings. The van der Waals surface area contributed by atoms with Gasteiger partial charge < -0.3 is 11.1 Å². The van der Waals surface area contributed by atoms with E-state index in [4.69, 9.17) is 10.9 Å². The second-order valence-electron chi connectivity index (χ2n) is 5.61. The summed E-state index contributed by atoms with van der Waals surface area (Å²) in [5.74, 6) is -0.651. The predicted octanol–water partition coefficient (Wildman–Crippen LogP) is 1.96. The number of anilines is 1. The SMILES string of the molecule is N[C@@H](CCCCCC(=O)NO)C(=O)Nc1cccc2cccnc12. The smallest absolute Gasteiger partial charge is 0.243 e. The van der Waals surface area contributed by atoms with Crippen LogP contribution in [0.4, 0.5) is 5.69 Å². The molecule has 0 unspecified atom stereocenters. The van der Waals surface area contributed by atoms with Crippen LogP contribution >= 0.6 is 0 Å². The molecule has 2 amide bonds. The van der Waals surface area contributed by atoms with Crippen molar-refractivity contribution >= 4 is 28.4 Å². The van der Waals surface area contributed by atoms with Crippen LogP contribution in [0.2, 0.25) is 0 Å². The molecule has 0 spiro atoms. The van der Waals surface area contributed by atoms with Crippen molar-refractivity contribution in [1.29, 1.82) is 0 Å². The van der Waals surface area contributed by atoms with E-state index in [0.29, 0.717) is 18.5 Å². The molecule has 2 rings (SSSR count). The van der Waals surface area contributed by atoms with Gasteiger partial charge in [0.15, 0.2) is 0 Å². The molecule has 7 heteroatoms. The number of fused-ring (bicyclic) bond motifs is 1. The summed E-state index contributed by atoms with van der Waals surface area (Å²) in [6.45, 7) is 0. The first-order valence-corrected chi connectivity index (χ1v) is 7.95.